The molecule has 37 heavy (non-hydrogen) atoms. The molecule has 0 heterocycles. The van der Waals surface area contributed by atoms with Crippen LogP contribution in [0.25, 0.3) is 22.3 Å². The summed E-state index contributed by atoms with van der Waals surface area (Å²) in [5, 5.41) is 36.9. The molecule has 0 saturated heterocycles. The smallest absolute Gasteiger partial charge is 0.158 e. The summed E-state index contributed by atoms with van der Waals surface area (Å²) < 4.78 is 0. The number of phenols is 4. The Morgan fingerprint density at radius 1 is 0.459 bits per heavy atom. The van der Waals surface area contributed by atoms with Crippen LogP contribution in [-0.4, -0.2) is 26.7 Å². The van der Waals surface area contributed by atoms with E-state index in [9.17, 15) is 15.0 Å². The van der Waals surface area contributed by atoms with Crippen molar-refractivity contribution in [3.8, 4) is 45.3 Å². The van der Waals surface area contributed by atoms with Gasteiger partial charge in [0.2, 0.25) is 0 Å². The van der Waals surface area contributed by atoms with Crippen LogP contribution in [0.5, 0.6) is 23.0 Å². The van der Waals surface area contributed by atoms with Gasteiger partial charge in [-0.3, -0.25) is 4.79 Å². The van der Waals surface area contributed by atoms with Gasteiger partial charge in [0.25, 0.3) is 0 Å². The molecule has 5 heteroatoms. The zero-order valence-electron chi connectivity index (χ0n) is 20.3. The number of aldehydes is 1. The topological polar surface area (TPSA) is 98.0 Å². The van der Waals surface area contributed by atoms with Gasteiger partial charge in [-0.1, -0.05) is 103 Å². The molecule has 0 fully saturated rings. The normalized spacial score (nSPS) is 9.76. The minimum absolute atomic E-state index is 0.0913. The fourth-order valence-electron chi connectivity index (χ4n) is 3.31. The molecule has 0 bridgehead atoms. The number of carbonyl (C=O) groups excluding carboxylic acids is 1. The summed E-state index contributed by atoms with van der Waals surface area (Å²) >= 11 is 0. The molecule has 0 spiro atoms. The first-order valence-electron chi connectivity index (χ1n) is 11.5. The highest BCUT2D eigenvalue weighted by atomic mass is 16.3. The van der Waals surface area contributed by atoms with Gasteiger partial charge in [0.15, 0.2) is 23.0 Å². The van der Waals surface area contributed by atoms with Gasteiger partial charge >= 0.3 is 0 Å². The number of hydrogen-bond donors (Lipinski definition) is 4. The SMILES string of the molecule is Cc1ccc(C=O)cc1.Oc1ccc(-c2ccccc2)cc1O.Oc1ccc(-c2ccccc2)cc1O. The molecular formula is C32H28O5. The quantitative estimate of drug-likeness (QED) is 0.156. The zero-order chi connectivity index (χ0) is 26.6. The number of hydrogen-bond acceptors (Lipinski definition) is 5. The summed E-state index contributed by atoms with van der Waals surface area (Å²) in [6, 6.07) is 36.4. The van der Waals surface area contributed by atoms with Crippen molar-refractivity contribution in [3.63, 3.8) is 0 Å². The first-order valence-corrected chi connectivity index (χ1v) is 11.5. The lowest BCUT2D eigenvalue weighted by atomic mass is 10.1. The van der Waals surface area contributed by atoms with Gasteiger partial charge in [-0.05, 0) is 53.4 Å². The van der Waals surface area contributed by atoms with Crippen LogP contribution in [0, 0.1) is 6.92 Å². The van der Waals surface area contributed by atoms with Crippen LogP contribution in [0.15, 0.2) is 121 Å². The van der Waals surface area contributed by atoms with Crippen LogP contribution in [0.2, 0.25) is 0 Å². The second-order valence-electron chi connectivity index (χ2n) is 8.17. The molecule has 5 aromatic carbocycles. The predicted octanol–water partition coefficient (Wildman–Crippen LogP) is 7.34. The Kier molecular flexibility index (Phi) is 9.45. The van der Waals surface area contributed by atoms with Crippen molar-refractivity contribution >= 4 is 6.29 Å². The monoisotopic (exact) mass is 492 g/mol. The Balaban J connectivity index is 0.000000159. The average molecular weight is 493 g/mol. The number of benzene rings is 5. The molecule has 0 aliphatic heterocycles. The first kappa shape index (κ1) is 26.6. The van der Waals surface area contributed by atoms with Crippen molar-refractivity contribution in [2.24, 2.45) is 0 Å². The molecule has 5 rings (SSSR count). The number of carbonyl (C=O) groups is 1. The van der Waals surface area contributed by atoms with Crippen LogP contribution >= 0.6 is 0 Å². The summed E-state index contributed by atoms with van der Waals surface area (Å²) in [6.45, 7) is 1.99. The van der Waals surface area contributed by atoms with Crippen LogP contribution < -0.4 is 0 Å². The molecule has 0 aliphatic carbocycles. The maximum absolute atomic E-state index is 10.1. The summed E-state index contributed by atoms with van der Waals surface area (Å²) in [5.74, 6) is -0.368. The molecule has 5 nitrogen and oxygen atoms in total. The Bertz CT molecular complexity index is 1330. The fraction of sp³-hybridized carbons (Fsp3) is 0.0312. The van der Waals surface area contributed by atoms with E-state index in [2.05, 4.69) is 0 Å². The van der Waals surface area contributed by atoms with E-state index >= 15 is 0 Å². The van der Waals surface area contributed by atoms with E-state index in [1.807, 2.05) is 91.9 Å². The molecule has 0 unspecified atom stereocenters. The highest BCUT2D eigenvalue weighted by Gasteiger charge is 2.02. The number of phenolic OH excluding ortho intramolecular Hbond substituents is 4. The van der Waals surface area contributed by atoms with E-state index in [0.29, 0.717) is 0 Å². The summed E-state index contributed by atoms with van der Waals surface area (Å²) in [6.07, 6.45) is 0.847. The third-order valence-electron chi connectivity index (χ3n) is 5.38. The standard InChI is InChI=1S/2C12H10O2.C8H8O/c2*13-11-7-6-10(8-12(11)14)9-4-2-1-3-5-9;1-7-2-4-8(6-9)5-3-7/h2*1-8,13-14H;2-6H,1H3. The van der Waals surface area contributed by atoms with Crippen molar-refractivity contribution in [1.29, 1.82) is 0 Å². The molecule has 0 aromatic heterocycles. The molecule has 0 atom stereocenters. The molecule has 186 valence electrons. The molecular weight excluding hydrogens is 464 g/mol. The number of aromatic hydroxyl groups is 4. The van der Waals surface area contributed by atoms with E-state index in [1.54, 1.807) is 24.3 Å². The highest BCUT2D eigenvalue weighted by molar-refractivity contribution is 5.74. The zero-order valence-corrected chi connectivity index (χ0v) is 20.3. The van der Waals surface area contributed by atoms with Crippen molar-refractivity contribution in [2.45, 2.75) is 6.92 Å². The van der Waals surface area contributed by atoms with Gasteiger partial charge in [-0.2, -0.15) is 0 Å². The lowest BCUT2D eigenvalue weighted by molar-refractivity contribution is 0.112. The molecule has 0 saturated carbocycles. The maximum Gasteiger partial charge on any atom is 0.158 e. The van der Waals surface area contributed by atoms with Crippen LogP contribution in [-0.2, 0) is 0 Å². The Labute approximate surface area is 216 Å². The Morgan fingerprint density at radius 2 is 0.865 bits per heavy atom. The van der Waals surface area contributed by atoms with Gasteiger partial charge in [-0.25, -0.2) is 0 Å². The maximum atomic E-state index is 10.1. The Morgan fingerprint density at radius 3 is 1.22 bits per heavy atom. The van der Waals surface area contributed by atoms with Crippen LogP contribution in [0.1, 0.15) is 15.9 Å². The van der Waals surface area contributed by atoms with E-state index in [0.717, 1.165) is 34.1 Å². The van der Waals surface area contributed by atoms with Gasteiger partial charge in [-0.15, -0.1) is 0 Å². The molecule has 4 N–H and O–H groups in total. The largest absolute Gasteiger partial charge is 0.504 e. The van der Waals surface area contributed by atoms with Crippen molar-refractivity contribution in [3.05, 3.63) is 132 Å². The number of rotatable bonds is 3. The Hall–Kier alpha value is -5.03. The lowest BCUT2D eigenvalue weighted by Gasteiger charge is -2.02. The minimum atomic E-state index is -0.0929. The second kappa shape index (κ2) is 13.2. The fourth-order valence-corrected chi connectivity index (χ4v) is 3.31. The molecule has 0 radical (unpaired) electrons. The van der Waals surface area contributed by atoms with Gasteiger partial charge in [0.1, 0.15) is 6.29 Å². The summed E-state index contributed by atoms with van der Waals surface area (Å²) in [5.41, 5.74) is 5.73. The predicted molar refractivity (Wildman–Crippen MR) is 147 cm³/mol. The second-order valence-corrected chi connectivity index (χ2v) is 8.17. The third kappa shape index (κ3) is 8.01. The molecule has 5 aromatic rings. The molecule has 0 aliphatic rings. The highest BCUT2D eigenvalue weighted by Crippen LogP contribution is 2.31. The van der Waals surface area contributed by atoms with Crippen molar-refractivity contribution in [1.82, 2.24) is 0 Å². The van der Waals surface area contributed by atoms with Crippen molar-refractivity contribution < 1.29 is 25.2 Å². The van der Waals surface area contributed by atoms with E-state index in [-0.39, 0.29) is 23.0 Å². The summed E-state index contributed by atoms with van der Waals surface area (Å²) in [7, 11) is 0. The van der Waals surface area contributed by atoms with Crippen LogP contribution in [0.3, 0.4) is 0 Å². The number of aryl methyl sites for hydroxylation is 1. The van der Waals surface area contributed by atoms with Gasteiger partial charge < -0.3 is 20.4 Å². The van der Waals surface area contributed by atoms with E-state index in [4.69, 9.17) is 10.2 Å². The van der Waals surface area contributed by atoms with Crippen molar-refractivity contribution in [2.75, 3.05) is 0 Å². The first-order chi connectivity index (χ1) is 17.9. The van der Waals surface area contributed by atoms with E-state index in [1.165, 1.54) is 17.7 Å². The van der Waals surface area contributed by atoms with E-state index < -0.39 is 0 Å². The van der Waals surface area contributed by atoms with Crippen LogP contribution in [0.4, 0.5) is 0 Å². The summed E-state index contributed by atoms with van der Waals surface area (Å²) in [4.78, 5) is 10.1. The minimum Gasteiger partial charge on any atom is -0.504 e. The molecule has 0 amide bonds. The van der Waals surface area contributed by atoms with Gasteiger partial charge in [0, 0.05) is 5.56 Å². The average Bonchev–Trinajstić information content (AvgIpc) is 2.94. The lowest BCUT2D eigenvalue weighted by Crippen LogP contribution is -1.77. The third-order valence-corrected chi connectivity index (χ3v) is 5.38. The van der Waals surface area contributed by atoms with Gasteiger partial charge in [0.05, 0.1) is 0 Å².